The normalized spacial score (nSPS) is 19.3. The maximum Gasteiger partial charge on any atom is 0.135 e. The Bertz CT molecular complexity index is 414. The number of hydrogen-bond donors (Lipinski definition) is 1. The van der Waals surface area contributed by atoms with Crippen LogP contribution in [0.1, 0.15) is 45.4 Å². The molecule has 21 heavy (non-hydrogen) atoms. The number of likely N-dealkylation sites (tertiary alicyclic amines) is 1. The lowest BCUT2D eigenvalue weighted by Gasteiger charge is -2.32. The van der Waals surface area contributed by atoms with Gasteiger partial charge in [0.05, 0.1) is 18.8 Å². The zero-order valence-electron chi connectivity index (χ0n) is 13.4. The molecule has 1 aromatic rings. The molecule has 1 atom stereocenters. The van der Waals surface area contributed by atoms with Crippen LogP contribution in [-0.4, -0.2) is 63.2 Å². The van der Waals surface area contributed by atoms with E-state index >= 15 is 0 Å². The molecule has 0 radical (unpaired) electrons. The maximum absolute atomic E-state index is 9.99. The average Bonchev–Trinajstić information content (AvgIpc) is 2.94. The lowest BCUT2D eigenvalue weighted by atomic mass is 9.95. The number of aliphatic hydroxyl groups is 1. The monoisotopic (exact) mass is 296 g/mol. The molecule has 1 fully saturated rings. The number of aromatic nitrogens is 3. The predicted octanol–water partition coefficient (Wildman–Crippen LogP) is 1.26. The topological polar surface area (TPSA) is 63.4 Å². The minimum Gasteiger partial charge on any atom is -0.389 e. The molecule has 1 N–H and O–H groups in total. The lowest BCUT2D eigenvalue weighted by Crippen LogP contribution is -2.40. The summed E-state index contributed by atoms with van der Waals surface area (Å²) in [5, 5.41) is 18.3. The van der Waals surface area contributed by atoms with Gasteiger partial charge in [0.15, 0.2) is 0 Å². The van der Waals surface area contributed by atoms with Crippen molar-refractivity contribution in [3.8, 4) is 0 Å². The standard InChI is InChI=1S/C15H28N4O2/c1-4-19-11-16-17-15(19)13-5-7-18(8-6-13)9-14(20)10-21-12(2)3/h11-14,20H,4-10H2,1-3H3. The van der Waals surface area contributed by atoms with Crippen molar-refractivity contribution in [3.63, 3.8) is 0 Å². The van der Waals surface area contributed by atoms with Crippen molar-refractivity contribution in [2.75, 3.05) is 26.2 Å². The van der Waals surface area contributed by atoms with Crippen molar-refractivity contribution < 1.29 is 9.84 Å². The molecule has 1 aliphatic rings. The molecular formula is C15H28N4O2. The second-order valence-corrected chi connectivity index (χ2v) is 6.09. The van der Waals surface area contributed by atoms with E-state index in [1.807, 2.05) is 20.2 Å². The van der Waals surface area contributed by atoms with E-state index < -0.39 is 6.10 Å². The van der Waals surface area contributed by atoms with Crippen LogP contribution in [0.15, 0.2) is 6.33 Å². The van der Waals surface area contributed by atoms with Crippen molar-refractivity contribution in [2.45, 2.75) is 58.3 Å². The van der Waals surface area contributed by atoms with Gasteiger partial charge in [0, 0.05) is 19.0 Å². The van der Waals surface area contributed by atoms with Gasteiger partial charge >= 0.3 is 0 Å². The summed E-state index contributed by atoms with van der Waals surface area (Å²) in [6, 6.07) is 0. The average molecular weight is 296 g/mol. The maximum atomic E-state index is 9.99. The van der Waals surface area contributed by atoms with Gasteiger partial charge in [-0.15, -0.1) is 10.2 Å². The molecule has 0 saturated carbocycles. The fourth-order valence-electron chi connectivity index (χ4n) is 2.85. The molecule has 0 aliphatic carbocycles. The number of rotatable bonds is 7. The number of nitrogens with zero attached hydrogens (tertiary/aromatic N) is 4. The molecule has 1 aliphatic heterocycles. The molecule has 0 aromatic carbocycles. The largest absolute Gasteiger partial charge is 0.389 e. The van der Waals surface area contributed by atoms with Gasteiger partial charge in [0.25, 0.3) is 0 Å². The Morgan fingerprint density at radius 2 is 2.10 bits per heavy atom. The number of aliphatic hydroxyl groups excluding tert-OH is 1. The fraction of sp³-hybridized carbons (Fsp3) is 0.867. The predicted molar refractivity (Wildman–Crippen MR) is 81.2 cm³/mol. The van der Waals surface area contributed by atoms with Crippen molar-refractivity contribution in [1.29, 1.82) is 0 Å². The third kappa shape index (κ3) is 4.76. The van der Waals surface area contributed by atoms with Gasteiger partial charge in [0.1, 0.15) is 12.2 Å². The van der Waals surface area contributed by atoms with Crippen molar-refractivity contribution in [3.05, 3.63) is 12.2 Å². The molecular weight excluding hydrogens is 268 g/mol. The summed E-state index contributed by atoms with van der Waals surface area (Å²) in [5.41, 5.74) is 0. The van der Waals surface area contributed by atoms with E-state index in [1.165, 1.54) is 0 Å². The molecule has 6 heteroatoms. The zero-order chi connectivity index (χ0) is 15.2. The van der Waals surface area contributed by atoms with Crippen molar-refractivity contribution in [2.24, 2.45) is 0 Å². The van der Waals surface area contributed by atoms with Crippen molar-refractivity contribution >= 4 is 0 Å². The number of piperidine rings is 1. The van der Waals surface area contributed by atoms with E-state index in [1.54, 1.807) is 0 Å². The Morgan fingerprint density at radius 1 is 1.38 bits per heavy atom. The van der Waals surface area contributed by atoms with Crippen molar-refractivity contribution in [1.82, 2.24) is 19.7 Å². The van der Waals surface area contributed by atoms with Crippen LogP contribution in [0.4, 0.5) is 0 Å². The van der Waals surface area contributed by atoms with Gasteiger partial charge in [-0.25, -0.2) is 0 Å². The molecule has 0 bridgehead atoms. The molecule has 1 unspecified atom stereocenters. The summed E-state index contributed by atoms with van der Waals surface area (Å²) >= 11 is 0. The first-order chi connectivity index (χ1) is 10.1. The molecule has 2 heterocycles. The molecule has 1 saturated heterocycles. The SMILES string of the molecule is CCn1cnnc1C1CCN(CC(O)COC(C)C)CC1. The highest BCUT2D eigenvalue weighted by atomic mass is 16.5. The number of aryl methyl sites for hydroxylation is 1. The first-order valence-corrected chi connectivity index (χ1v) is 7.99. The molecule has 6 nitrogen and oxygen atoms in total. The minimum atomic E-state index is -0.400. The highest BCUT2D eigenvalue weighted by Crippen LogP contribution is 2.26. The summed E-state index contributed by atoms with van der Waals surface area (Å²) in [7, 11) is 0. The smallest absolute Gasteiger partial charge is 0.135 e. The van der Waals surface area contributed by atoms with Crippen LogP contribution in [0, 0.1) is 0 Å². The van der Waals surface area contributed by atoms with Crippen LogP contribution in [0.5, 0.6) is 0 Å². The molecule has 0 spiro atoms. The zero-order valence-corrected chi connectivity index (χ0v) is 13.4. The van der Waals surface area contributed by atoms with Crippen LogP contribution in [0.2, 0.25) is 0 Å². The molecule has 2 rings (SSSR count). The van der Waals surface area contributed by atoms with Gasteiger partial charge < -0.3 is 19.3 Å². The minimum absolute atomic E-state index is 0.172. The highest BCUT2D eigenvalue weighted by molar-refractivity contribution is 4.99. The first-order valence-electron chi connectivity index (χ1n) is 7.99. The third-order valence-electron chi connectivity index (χ3n) is 4.03. The Labute approximate surface area is 127 Å². The Morgan fingerprint density at radius 3 is 2.71 bits per heavy atom. The van der Waals surface area contributed by atoms with Gasteiger partial charge in [-0.1, -0.05) is 0 Å². The van der Waals surface area contributed by atoms with Crippen LogP contribution in [-0.2, 0) is 11.3 Å². The highest BCUT2D eigenvalue weighted by Gasteiger charge is 2.25. The van der Waals surface area contributed by atoms with E-state index in [4.69, 9.17) is 4.74 Å². The van der Waals surface area contributed by atoms with E-state index in [9.17, 15) is 5.11 Å². The van der Waals surface area contributed by atoms with Crippen LogP contribution in [0.25, 0.3) is 0 Å². The summed E-state index contributed by atoms with van der Waals surface area (Å²) in [6.45, 7) is 10.1. The second kappa shape index (κ2) is 7.87. The van der Waals surface area contributed by atoms with Gasteiger partial charge in [0.2, 0.25) is 0 Å². The van der Waals surface area contributed by atoms with Crippen LogP contribution < -0.4 is 0 Å². The van der Waals surface area contributed by atoms with Crippen LogP contribution >= 0.6 is 0 Å². The quantitative estimate of drug-likeness (QED) is 0.821. The van der Waals surface area contributed by atoms with Crippen LogP contribution in [0.3, 0.4) is 0 Å². The van der Waals surface area contributed by atoms with Gasteiger partial charge in [-0.05, 0) is 46.7 Å². The summed E-state index contributed by atoms with van der Waals surface area (Å²) in [4.78, 5) is 2.32. The summed E-state index contributed by atoms with van der Waals surface area (Å²) in [6.07, 6.45) is 3.75. The van der Waals surface area contributed by atoms with E-state index in [0.29, 0.717) is 19.1 Å². The number of β-amino-alcohol motifs (C(OH)–C–C–N with tert-alkyl or cyclic N) is 1. The van der Waals surface area contributed by atoms with E-state index in [0.717, 1.165) is 38.3 Å². The summed E-state index contributed by atoms with van der Waals surface area (Å²) < 4.78 is 7.59. The lowest BCUT2D eigenvalue weighted by molar-refractivity contribution is -0.0113. The molecule has 0 amide bonds. The molecule has 1 aromatic heterocycles. The number of hydrogen-bond acceptors (Lipinski definition) is 5. The van der Waals surface area contributed by atoms with E-state index in [2.05, 4.69) is 26.6 Å². The number of ether oxygens (including phenoxy) is 1. The second-order valence-electron chi connectivity index (χ2n) is 6.09. The van der Waals surface area contributed by atoms with Gasteiger partial charge in [-0.2, -0.15) is 0 Å². The van der Waals surface area contributed by atoms with E-state index in [-0.39, 0.29) is 6.10 Å². The third-order valence-corrected chi connectivity index (χ3v) is 4.03. The Balaban J connectivity index is 1.75. The Kier molecular flexibility index (Phi) is 6.14. The first kappa shape index (κ1) is 16.4. The Hall–Kier alpha value is -0.980. The van der Waals surface area contributed by atoms with Gasteiger partial charge in [-0.3, -0.25) is 0 Å². The fourth-order valence-corrected chi connectivity index (χ4v) is 2.85. The molecule has 120 valence electrons. The summed E-state index contributed by atoms with van der Waals surface area (Å²) in [5.74, 6) is 1.61.